The summed E-state index contributed by atoms with van der Waals surface area (Å²) in [6.45, 7) is 15.4. The second kappa shape index (κ2) is 19.7. The van der Waals surface area contributed by atoms with Crippen molar-refractivity contribution in [2.75, 3.05) is 0 Å². The number of nitrogens with one attached hydrogen (secondary N) is 2. The van der Waals surface area contributed by atoms with Crippen molar-refractivity contribution >= 4 is 67.4 Å². The smallest absolute Gasteiger partial charge is 0.303 e. The number of aromatic nitrogens is 4. The largest absolute Gasteiger partial charge is 0.508 e. The number of carboxylic acid groups (broad SMARTS) is 2. The number of fused-ring (bicyclic) bond motifs is 8. The maximum Gasteiger partial charge on any atom is 0.303 e. The van der Waals surface area contributed by atoms with Crippen molar-refractivity contribution in [3.63, 3.8) is 0 Å². The summed E-state index contributed by atoms with van der Waals surface area (Å²) < 4.78 is 0. The van der Waals surface area contributed by atoms with Crippen molar-refractivity contribution in [1.29, 1.82) is 0 Å². The molecule has 12 nitrogen and oxygen atoms in total. The average molecular weight is 867 g/mol. The van der Waals surface area contributed by atoms with Crippen LogP contribution in [0.15, 0.2) is 72.8 Å². The number of aliphatic hydroxyl groups is 2. The second-order valence-electron chi connectivity index (χ2n) is 16.4. The van der Waals surface area contributed by atoms with Crippen LogP contribution in [0.25, 0.3) is 55.5 Å². The fourth-order valence-electron chi connectivity index (χ4n) is 8.82. The number of H-pyrrole nitrogens is 2. The summed E-state index contributed by atoms with van der Waals surface area (Å²) in [6.07, 6.45) is 0.695. The molecule has 5 heterocycles. The lowest BCUT2D eigenvalue weighted by Crippen LogP contribution is -2.02. The number of aliphatic carboxylic acids is 2. The molecule has 12 heteroatoms. The fourth-order valence-corrected chi connectivity index (χ4v) is 8.82. The normalized spacial score (nSPS) is 13.9. The van der Waals surface area contributed by atoms with Crippen molar-refractivity contribution < 1.29 is 40.2 Å². The minimum atomic E-state index is -0.917. The van der Waals surface area contributed by atoms with Gasteiger partial charge < -0.3 is 40.6 Å². The molecular weight excluding hydrogens is 809 g/mol. The standard InChI is InChI=1S/C34H38N4O6.C18H20O2/c1-15-21(7-9-31(41)42)27-14-28-22(8-10-32(43)44)16(2)24(36-28)12-29-34(20(6)40)18(4)26(38-29)13-30-33(19(5)39)17(3)25(37-30)11-23(15)35-27;1-3-17(13-5-9-15(19)10-6-13)18(4-2)14-7-11-16(20)12-8-14/h11-14,19-20,35,38-40H,7-10H2,1-6H3,(H,41,42)(H,43,44);5-12,19-20H,3-4H2,1-2H3/b;18-17+. The third-order valence-electron chi connectivity index (χ3n) is 12.2. The van der Waals surface area contributed by atoms with E-state index in [0.717, 1.165) is 68.4 Å². The lowest BCUT2D eigenvalue weighted by atomic mass is 9.91. The van der Waals surface area contributed by atoms with Gasteiger partial charge in [-0.2, -0.15) is 0 Å². The van der Waals surface area contributed by atoms with E-state index in [1.54, 1.807) is 38.1 Å². The molecule has 3 aromatic heterocycles. The number of aryl methyl sites for hydroxylation is 3. The van der Waals surface area contributed by atoms with E-state index in [4.69, 9.17) is 9.97 Å². The Morgan fingerprint density at radius 2 is 1.03 bits per heavy atom. The Kier molecular flexibility index (Phi) is 14.4. The Labute approximate surface area is 373 Å². The zero-order valence-corrected chi connectivity index (χ0v) is 37.7. The maximum atomic E-state index is 11.6. The van der Waals surface area contributed by atoms with Crippen molar-refractivity contribution in [1.82, 2.24) is 19.9 Å². The van der Waals surface area contributed by atoms with Gasteiger partial charge in [-0.1, -0.05) is 38.1 Å². The van der Waals surface area contributed by atoms with Gasteiger partial charge in [0.2, 0.25) is 0 Å². The maximum absolute atomic E-state index is 11.6. The van der Waals surface area contributed by atoms with Gasteiger partial charge in [0.1, 0.15) is 11.5 Å². The average Bonchev–Trinajstić information content (AvgIpc) is 3.92. The Hall–Kier alpha value is -6.76. The number of hydrogen-bond donors (Lipinski definition) is 8. The molecule has 64 heavy (non-hydrogen) atoms. The SMILES string of the molecule is CC/C(=C(/CC)c1ccc(O)cc1)c1ccc(O)cc1.CC1=C(CCC(=O)O)c2cc3[nH]c(cc4nc(cc5[nH]c(cc1n2)c(C(C)O)c5C)C(C(C)O)=C4C)c(C)c3CCC(=O)O. The van der Waals surface area contributed by atoms with Crippen LogP contribution < -0.4 is 0 Å². The van der Waals surface area contributed by atoms with Crippen LogP contribution in [0.4, 0.5) is 0 Å². The Bertz CT molecular complexity index is 2800. The summed E-state index contributed by atoms with van der Waals surface area (Å²) in [6, 6.07) is 22.2. The number of hydrogen-bond acceptors (Lipinski definition) is 8. The van der Waals surface area contributed by atoms with E-state index in [0.29, 0.717) is 44.9 Å². The first-order valence-electron chi connectivity index (χ1n) is 21.7. The van der Waals surface area contributed by atoms with Crippen LogP contribution in [0, 0.1) is 13.8 Å². The van der Waals surface area contributed by atoms with Gasteiger partial charge in [0.25, 0.3) is 0 Å². The molecule has 8 bridgehead atoms. The van der Waals surface area contributed by atoms with Crippen LogP contribution in [0.1, 0.15) is 136 Å². The lowest BCUT2D eigenvalue weighted by Gasteiger charge is -2.14. The van der Waals surface area contributed by atoms with E-state index in [-0.39, 0.29) is 37.2 Å². The van der Waals surface area contributed by atoms with E-state index in [2.05, 4.69) is 23.8 Å². The Morgan fingerprint density at radius 3 is 1.55 bits per heavy atom. The molecule has 2 aromatic carbocycles. The number of carbonyl (C=O) groups is 2. The quantitative estimate of drug-likeness (QED) is 0.0556. The number of allylic oxidation sites excluding steroid dienone is 5. The van der Waals surface area contributed by atoms with Crippen LogP contribution in [0.5, 0.6) is 11.5 Å². The molecule has 0 amide bonds. The van der Waals surface area contributed by atoms with Crippen molar-refractivity contribution in [3.8, 4) is 11.5 Å². The molecule has 5 aromatic rings. The topological polar surface area (TPSA) is 213 Å². The molecule has 0 saturated carbocycles. The summed E-state index contributed by atoms with van der Waals surface area (Å²) in [7, 11) is 0. The highest BCUT2D eigenvalue weighted by Gasteiger charge is 2.24. The number of aromatic amines is 2. The number of aliphatic hydroxyl groups excluding tert-OH is 2. The number of phenols is 2. The summed E-state index contributed by atoms with van der Waals surface area (Å²) in [5.74, 6) is -1.26. The molecule has 0 spiro atoms. The van der Waals surface area contributed by atoms with Gasteiger partial charge in [-0.3, -0.25) is 9.59 Å². The number of carboxylic acids is 2. The van der Waals surface area contributed by atoms with Crippen LogP contribution in [0.3, 0.4) is 0 Å². The van der Waals surface area contributed by atoms with Gasteiger partial charge in [-0.25, -0.2) is 9.97 Å². The molecule has 334 valence electrons. The summed E-state index contributed by atoms with van der Waals surface area (Å²) in [4.78, 5) is 39.8. The summed E-state index contributed by atoms with van der Waals surface area (Å²) >= 11 is 0. The summed E-state index contributed by atoms with van der Waals surface area (Å²) in [5.41, 5.74) is 16.6. The first-order chi connectivity index (χ1) is 30.4. The third-order valence-corrected chi connectivity index (χ3v) is 12.2. The monoisotopic (exact) mass is 866 g/mol. The van der Waals surface area contributed by atoms with Gasteiger partial charge in [-0.15, -0.1) is 0 Å². The predicted octanol–water partition coefficient (Wildman–Crippen LogP) is 10.9. The zero-order chi connectivity index (χ0) is 46.6. The number of phenolic OH excluding ortho intramolecular Hbond substituents is 2. The van der Waals surface area contributed by atoms with E-state index in [1.807, 2.05) is 76.2 Å². The minimum Gasteiger partial charge on any atom is -0.508 e. The third kappa shape index (κ3) is 10.0. The first kappa shape index (κ1) is 46.7. The molecule has 2 aliphatic heterocycles. The number of rotatable bonds is 12. The van der Waals surface area contributed by atoms with E-state index in [1.165, 1.54) is 11.1 Å². The fraction of sp³-hybridized carbons (Fsp3) is 0.308. The number of benzene rings is 2. The molecule has 2 atom stereocenters. The van der Waals surface area contributed by atoms with Crippen LogP contribution in [0.2, 0.25) is 0 Å². The highest BCUT2D eigenvalue weighted by molar-refractivity contribution is 5.96. The molecule has 7 rings (SSSR count). The summed E-state index contributed by atoms with van der Waals surface area (Å²) in [5, 5.41) is 59.3. The van der Waals surface area contributed by atoms with Crippen LogP contribution >= 0.6 is 0 Å². The molecule has 0 saturated heterocycles. The second-order valence-corrected chi connectivity index (χ2v) is 16.4. The van der Waals surface area contributed by atoms with Crippen LogP contribution in [-0.4, -0.2) is 68.6 Å². The van der Waals surface area contributed by atoms with E-state index >= 15 is 0 Å². The van der Waals surface area contributed by atoms with E-state index in [9.17, 15) is 40.2 Å². The van der Waals surface area contributed by atoms with Gasteiger partial charge in [0, 0.05) is 46.0 Å². The molecular formula is C52H58N4O8. The number of nitrogens with zero attached hydrogens (tertiary/aromatic N) is 2. The molecule has 0 radical (unpaired) electrons. The van der Waals surface area contributed by atoms with Gasteiger partial charge in [0.05, 0.1) is 35.0 Å². The van der Waals surface area contributed by atoms with Crippen molar-refractivity contribution in [2.24, 2.45) is 0 Å². The molecule has 2 unspecified atom stereocenters. The van der Waals surface area contributed by atoms with Crippen molar-refractivity contribution in [3.05, 3.63) is 129 Å². The Balaban J connectivity index is 0.000000284. The lowest BCUT2D eigenvalue weighted by molar-refractivity contribution is -0.137. The highest BCUT2D eigenvalue weighted by atomic mass is 16.4. The van der Waals surface area contributed by atoms with E-state index < -0.39 is 24.1 Å². The van der Waals surface area contributed by atoms with Gasteiger partial charge >= 0.3 is 11.9 Å². The van der Waals surface area contributed by atoms with Crippen LogP contribution in [-0.2, 0) is 16.0 Å². The molecule has 0 fully saturated rings. The minimum absolute atomic E-state index is 0.0628. The zero-order valence-electron chi connectivity index (χ0n) is 37.7. The molecule has 8 N–H and O–H groups in total. The molecule has 0 aliphatic carbocycles. The predicted molar refractivity (Wildman–Crippen MR) is 254 cm³/mol. The Morgan fingerprint density at radius 1 is 0.578 bits per heavy atom. The first-order valence-corrected chi connectivity index (χ1v) is 21.7. The number of aromatic hydroxyl groups is 2. The molecule has 2 aliphatic rings. The van der Waals surface area contributed by atoms with Gasteiger partial charge in [-0.05, 0) is 171 Å². The highest BCUT2D eigenvalue weighted by Crippen LogP contribution is 2.38. The van der Waals surface area contributed by atoms with Crippen molar-refractivity contribution in [2.45, 2.75) is 106 Å². The van der Waals surface area contributed by atoms with Gasteiger partial charge in [0.15, 0.2) is 0 Å².